The standard InChI is InChI=1S/C21H22N4O5S/c26-18(9-16-11-22-25(12-16)20-10-19(27)23-31(20)29)17-7-4-8-24(13-17)21(28)30-14-15-5-2-1-3-6-15/h1-3,5-6,10-12,17H,4,7-9,13-14H2,(H,23,27). The zero-order valence-electron chi connectivity index (χ0n) is 16.7. The van der Waals surface area contributed by atoms with Gasteiger partial charge in [-0.2, -0.15) is 5.10 Å². The van der Waals surface area contributed by atoms with E-state index in [1.165, 1.54) is 17.0 Å². The van der Waals surface area contributed by atoms with Gasteiger partial charge in [-0.05, 0) is 24.0 Å². The Balaban J connectivity index is 1.32. The molecule has 1 N–H and O–H groups in total. The maximum Gasteiger partial charge on any atom is 0.410 e. The Hall–Kier alpha value is -3.27. The fraction of sp³-hybridized carbons (Fsp3) is 0.333. The van der Waals surface area contributed by atoms with Gasteiger partial charge in [-0.25, -0.2) is 13.7 Å². The highest BCUT2D eigenvalue weighted by Gasteiger charge is 2.29. The van der Waals surface area contributed by atoms with Crippen LogP contribution in [0.25, 0.3) is 5.03 Å². The summed E-state index contributed by atoms with van der Waals surface area (Å²) in [4.78, 5) is 38.1. The Morgan fingerprint density at radius 3 is 2.77 bits per heavy atom. The fourth-order valence-electron chi connectivity index (χ4n) is 3.62. The lowest BCUT2D eigenvalue weighted by atomic mass is 9.91. The summed E-state index contributed by atoms with van der Waals surface area (Å²) in [6, 6.07) is 9.45. The maximum absolute atomic E-state index is 12.8. The summed E-state index contributed by atoms with van der Waals surface area (Å²) < 4.78 is 20.8. The van der Waals surface area contributed by atoms with Crippen LogP contribution in [-0.4, -0.2) is 49.8 Å². The molecule has 0 aliphatic carbocycles. The van der Waals surface area contributed by atoms with Gasteiger partial charge in [-0.15, -0.1) is 0 Å². The van der Waals surface area contributed by atoms with Gasteiger partial charge in [0, 0.05) is 37.7 Å². The van der Waals surface area contributed by atoms with Crippen LogP contribution in [-0.2, 0) is 38.3 Å². The molecule has 4 rings (SSSR count). The molecular formula is C21H22N4O5S. The Kier molecular flexibility index (Phi) is 6.26. The Morgan fingerprint density at radius 2 is 2.03 bits per heavy atom. The predicted molar refractivity (Wildman–Crippen MR) is 112 cm³/mol. The summed E-state index contributed by atoms with van der Waals surface area (Å²) in [5.41, 5.74) is 1.57. The minimum absolute atomic E-state index is 0.0100. The molecule has 0 spiro atoms. The normalized spacial score (nSPS) is 20.8. The number of nitrogens with one attached hydrogen (secondary N) is 1. The number of hydrogen-bond acceptors (Lipinski definition) is 6. The van der Waals surface area contributed by atoms with E-state index in [2.05, 4.69) is 9.82 Å². The van der Waals surface area contributed by atoms with E-state index >= 15 is 0 Å². The van der Waals surface area contributed by atoms with Crippen LogP contribution in [0.4, 0.5) is 4.79 Å². The van der Waals surface area contributed by atoms with Crippen molar-refractivity contribution in [1.29, 1.82) is 0 Å². The molecule has 3 heterocycles. The molecule has 2 atom stereocenters. The molecule has 9 nitrogen and oxygen atoms in total. The molecule has 162 valence electrons. The lowest BCUT2D eigenvalue weighted by Gasteiger charge is -2.31. The molecule has 1 fully saturated rings. The SMILES string of the molecule is O=C1C=C(n2cc(CC(=O)C3CCCN(C(=O)OCc4ccccc4)C3)cn2)S(=O)N1. The van der Waals surface area contributed by atoms with Crippen LogP contribution in [0.2, 0.25) is 0 Å². The van der Waals surface area contributed by atoms with Crippen LogP contribution < -0.4 is 4.72 Å². The van der Waals surface area contributed by atoms with Crippen LogP contribution in [0.15, 0.2) is 48.8 Å². The van der Waals surface area contributed by atoms with Crippen molar-refractivity contribution in [2.24, 2.45) is 5.92 Å². The fourth-order valence-corrected chi connectivity index (χ4v) is 4.45. The summed E-state index contributed by atoms with van der Waals surface area (Å²) in [7, 11) is -1.65. The van der Waals surface area contributed by atoms with E-state index in [-0.39, 0.29) is 29.8 Å². The zero-order valence-corrected chi connectivity index (χ0v) is 17.5. The van der Waals surface area contributed by atoms with Gasteiger partial charge in [0.05, 0.1) is 6.20 Å². The lowest BCUT2D eigenvalue weighted by molar-refractivity contribution is -0.123. The van der Waals surface area contributed by atoms with Crippen molar-refractivity contribution in [3.05, 3.63) is 59.9 Å². The first-order chi connectivity index (χ1) is 15.0. The van der Waals surface area contributed by atoms with Crippen molar-refractivity contribution in [3.8, 4) is 0 Å². The van der Waals surface area contributed by atoms with Crippen LogP contribution in [0.1, 0.15) is 24.0 Å². The van der Waals surface area contributed by atoms with Crippen molar-refractivity contribution < 1.29 is 23.3 Å². The molecule has 2 aliphatic rings. The van der Waals surface area contributed by atoms with E-state index in [0.29, 0.717) is 25.1 Å². The zero-order chi connectivity index (χ0) is 21.8. The van der Waals surface area contributed by atoms with Gasteiger partial charge in [-0.3, -0.25) is 14.3 Å². The number of piperidine rings is 1. The van der Waals surface area contributed by atoms with E-state index in [4.69, 9.17) is 4.74 Å². The largest absolute Gasteiger partial charge is 0.445 e. The molecule has 1 saturated heterocycles. The minimum atomic E-state index is -1.65. The van der Waals surface area contributed by atoms with E-state index in [1.807, 2.05) is 30.3 Å². The van der Waals surface area contributed by atoms with Crippen LogP contribution >= 0.6 is 0 Å². The van der Waals surface area contributed by atoms with E-state index < -0.39 is 23.0 Å². The smallest absolute Gasteiger partial charge is 0.410 e. The van der Waals surface area contributed by atoms with Gasteiger partial charge in [0.1, 0.15) is 12.4 Å². The molecule has 10 heteroatoms. The lowest BCUT2D eigenvalue weighted by Crippen LogP contribution is -2.42. The molecule has 2 aliphatic heterocycles. The third-order valence-corrected chi connectivity index (χ3v) is 6.29. The average Bonchev–Trinajstić information content (AvgIpc) is 3.38. The number of carbonyl (C=O) groups is 3. The molecule has 2 amide bonds. The first-order valence-corrected chi connectivity index (χ1v) is 11.1. The van der Waals surface area contributed by atoms with E-state index in [9.17, 15) is 18.6 Å². The summed E-state index contributed by atoms with van der Waals surface area (Å²) in [5.74, 6) is -0.705. The van der Waals surface area contributed by atoms with Gasteiger partial charge in [0.2, 0.25) is 0 Å². The molecule has 31 heavy (non-hydrogen) atoms. The van der Waals surface area contributed by atoms with Gasteiger partial charge >= 0.3 is 6.09 Å². The molecule has 0 radical (unpaired) electrons. The highest BCUT2D eigenvalue weighted by Crippen LogP contribution is 2.21. The van der Waals surface area contributed by atoms with Crippen molar-refractivity contribution in [2.45, 2.75) is 25.9 Å². The third-order valence-electron chi connectivity index (χ3n) is 5.22. The molecule has 0 saturated carbocycles. The number of likely N-dealkylation sites (tertiary alicyclic amines) is 1. The molecular weight excluding hydrogens is 420 g/mol. The number of nitrogens with zero attached hydrogens (tertiary/aromatic N) is 3. The van der Waals surface area contributed by atoms with Crippen molar-refractivity contribution in [1.82, 2.24) is 19.4 Å². The molecule has 2 unspecified atom stereocenters. The highest BCUT2D eigenvalue weighted by molar-refractivity contribution is 7.93. The number of aromatic nitrogens is 2. The monoisotopic (exact) mass is 442 g/mol. The Labute approximate surface area is 181 Å². The van der Waals surface area contributed by atoms with E-state index in [0.717, 1.165) is 12.0 Å². The predicted octanol–water partition coefficient (Wildman–Crippen LogP) is 1.64. The Bertz CT molecular complexity index is 1050. The van der Waals surface area contributed by atoms with Crippen molar-refractivity contribution in [2.75, 3.05) is 13.1 Å². The molecule has 1 aromatic carbocycles. The van der Waals surface area contributed by atoms with Gasteiger partial charge in [0.15, 0.2) is 16.0 Å². The number of Topliss-reactive ketones (excluding diaryl/α,β-unsaturated/α-hetero) is 1. The molecule has 2 aromatic rings. The number of ether oxygens (including phenoxy) is 1. The Morgan fingerprint density at radius 1 is 1.23 bits per heavy atom. The second-order valence-electron chi connectivity index (χ2n) is 7.48. The number of carbonyl (C=O) groups excluding carboxylic acids is 3. The number of rotatable bonds is 6. The number of ketones is 1. The summed E-state index contributed by atoms with van der Waals surface area (Å²) in [6.45, 7) is 1.09. The van der Waals surface area contributed by atoms with Crippen molar-refractivity contribution in [3.63, 3.8) is 0 Å². The summed E-state index contributed by atoms with van der Waals surface area (Å²) in [5, 5.41) is 4.33. The first-order valence-electron chi connectivity index (χ1n) is 9.96. The average molecular weight is 442 g/mol. The number of benzene rings is 1. The summed E-state index contributed by atoms with van der Waals surface area (Å²) in [6.07, 6.45) is 5.51. The second-order valence-corrected chi connectivity index (χ2v) is 8.64. The van der Waals surface area contributed by atoms with Crippen LogP contribution in [0.5, 0.6) is 0 Å². The van der Waals surface area contributed by atoms with Crippen LogP contribution in [0.3, 0.4) is 0 Å². The summed E-state index contributed by atoms with van der Waals surface area (Å²) >= 11 is 0. The molecule has 1 aromatic heterocycles. The number of amides is 2. The van der Waals surface area contributed by atoms with Gasteiger partial charge in [0.25, 0.3) is 5.91 Å². The van der Waals surface area contributed by atoms with Gasteiger partial charge < -0.3 is 9.64 Å². The number of hydrogen-bond donors (Lipinski definition) is 1. The highest BCUT2D eigenvalue weighted by atomic mass is 32.2. The molecule has 0 bridgehead atoms. The second kappa shape index (κ2) is 9.25. The maximum atomic E-state index is 12.8. The quantitative estimate of drug-likeness (QED) is 0.728. The van der Waals surface area contributed by atoms with Gasteiger partial charge in [-0.1, -0.05) is 30.3 Å². The minimum Gasteiger partial charge on any atom is -0.445 e. The van der Waals surface area contributed by atoms with Crippen molar-refractivity contribution >= 4 is 33.8 Å². The topological polar surface area (TPSA) is 111 Å². The van der Waals surface area contributed by atoms with E-state index in [1.54, 1.807) is 11.1 Å². The first kappa shape index (κ1) is 21.0. The third kappa shape index (κ3) is 5.08. The van der Waals surface area contributed by atoms with Crippen LogP contribution in [0, 0.1) is 5.92 Å².